The third-order valence-electron chi connectivity index (χ3n) is 3.63. The Bertz CT molecular complexity index is 580. The SMILES string of the molecule is O=C(O)c1cc(N2CCN3C(=O)NCC3C2)ncc1Cl. The second kappa shape index (κ2) is 4.82. The molecule has 0 aliphatic carbocycles. The van der Waals surface area contributed by atoms with Crippen LogP contribution >= 0.6 is 11.6 Å². The van der Waals surface area contributed by atoms with Crippen LogP contribution in [0.5, 0.6) is 0 Å². The fraction of sp³-hybridized carbons (Fsp3) is 0.417. The lowest BCUT2D eigenvalue weighted by Gasteiger charge is -2.37. The molecule has 2 fully saturated rings. The van der Waals surface area contributed by atoms with Gasteiger partial charge in [0.1, 0.15) is 5.82 Å². The number of carbonyl (C=O) groups is 2. The molecular formula is C12H13ClN4O3. The van der Waals surface area contributed by atoms with Gasteiger partial charge in [-0.1, -0.05) is 11.6 Å². The number of hydrogen-bond acceptors (Lipinski definition) is 4. The summed E-state index contributed by atoms with van der Waals surface area (Å²) in [6.07, 6.45) is 1.35. The number of anilines is 1. The van der Waals surface area contributed by atoms with Gasteiger partial charge in [-0.3, -0.25) is 0 Å². The lowest BCUT2D eigenvalue weighted by Crippen LogP contribution is -2.52. The van der Waals surface area contributed by atoms with Gasteiger partial charge in [0.25, 0.3) is 0 Å². The summed E-state index contributed by atoms with van der Waals surface area (Å²) in [5.41, 5.74) is 0.0414. The number of halogens is 1. The molecule has 3 heterocycles. The number of aromatic nitrogens is 1. The van der Waals surface area contributed by atoms with Gasteiger partial charge in [-0.25, -0.2) is 14.6 Å². The minimum atomic E-state index is -1.07. The Morgan fingerprint density at radius 2 is 2.30 bits per heavy atom. The van der Waals surface area contributed by atoms with Gasteiger partial charge in [0.15, 0.2) is 0 Å². The number of nitrogens with zero attached hydrogens (tertiary/aromatic N) is 3. The van der Waals surface area contributed by atoms with E-state index in [2.05, 4.69) is 10.3 Å². The van der Waals surface area contributed by atoms with E-state index < -0.39 is 5.97 Å². The number of hydrogen-bond donors (Lipinski definition) is 2. The molecule has 2 aliphatic rings. The average molecular weight is 297 g/mol. The van der Waals surface area contributed by atoms with E-state index in [-0.39, 0.29) is 22.7 Å². The van der Waals surface area contributed by atoms with Crippen LogP contribution in [0.4, 0.5) is 10.6 Å². The van der Waals surface area contributed by atoms with E-state index in [1.54, 1.807) is 4.90 Å². The molecule has 106 valence electrons. The van der Waals surface area contributed by atoms with E-state index in [1.165, 1.54) is 12.3 Å². The zero-order valence-electron chi connectivity index (χ0n) is 10.5. The van der Waals surface area contributed by atoms with Crippen molar-refractivity contribution in [3.63, 3.8) is 0 Å². The molecule has 2 saturated heterocycles. The van der Waals surface area contributed by atoms with Crippen LogP contribution in [0, 0.1) is 0 Å². The van der Waals surface area contributed by atoms with E-state index in [1.807, 2.05) is 4.90 Å². The quantitative estimate of drug-likeness (QED) is 0.837. The molecule has 2 N–H and O–H groups in total. The summed E-state index contributed by atoms with van der Waals surface area (Å²) in [5.74, 6) is -0.499. The lowest BCUT2D eigenvalue weighted by atomic mass is 10.2. The van der Waals surface area contributed by atoms with Crippen LogP contribution in [0.2, 0.25) is 5.02 Å². The maximum absolute atomic E-state index is 11.5. The van der Waals surface area contributed by atoms with Crippen LogP contribution in [0.1, 0.15) is 10.4 Å². The number of carbonyl (C=O) groups excluding carboxylic acids is 1. The molecule has 8 heteroatoms. The molecular weight excluding hydrogens is 284 g/mol. The predicted molar refractivity (Wildman–Crippen MR) is 72.3 cm³/mol. The summed E-state index contributed by atoms with van der Waals surface area (Å²) in [6.45, 7) is 2.46. The molecule has 1 atom stereocenters. The zero-order valence-corrected chi connectivity index (χ0v) is 11.3. The number of nitrogens with one attached hydrogen (secondary N) is 1. The first-order valence-electron chi connectivity index (χ1n) is 6.24. The number of amides is 2. The average Bonchev–Trinajstić information content (AvgIpc) is 2.80. The molecule has 0 bridgehead atoms. The fourth-order valence-electron chi connectivity index (χ4n) is 2.58. The van der Waals surface area contributed by atoms with Gasteiger partial charge < -0.3 is 20.2 Å². The number of piperazine rings is 1. The Hall–Kier alpha value is -2.02. The van der Waals surface area contributed by atoms with Crippen molar-refractivity contribution in [1.82, 2.24) is 15.2 Å². The molecule has 1 unspecified atom stereocenters. The van der Waals surface area contributed by atoms with Crippen molar-refractivity contribution >= 4 is 29.4 Å². The van der Waals surface area contributed by atoms with Crippen molar-refractivity contribution in [2.45, 2.75) is 6.04 Å². The summed E-state index contributed by atoms with van der Waals surface area (Å²) in [4.78, 5) is 30.6. The normalized spacial score (nSPS) is 21.6. The lowest BCUT2D eigenvalue weighted by molar-refractivity contribution is 0.0697. The highest BCUT2D eigenvalue weighted by Gasteiger charge is 2.35. The number of pyridine rings is 1. The van der Waals surface area contributed by atoms with E-state index in [0.29, 0.717) is 32.0 Å². The van der Waals surface area contributed by atoms with Crippen molar-refractivity contribution in [2.75, 3.05) is 31.1 Å². The Kier molecular flexibility index (Phi) is 3.13. The van der Waals surface area contributed by atoms with Gasteiger partial charge in [0.05, 0.1) is 16.6 Å². The summed E-state index contributed by atoms with van der Waals surface area (Å²) in [5, 5.41) is 12.0. The molecule has 2 amide bonds. The topological polar surface area (TPSA) is 85.8 Å². The number of urea groups is 1. The summed E-state index contributed by atoms with van der Waals surface area (Å²) in [7, 11) is 0. The van der Waals surface area contributed by atoms with E-state index in [0.717, 1.165) is 0 Å². The second-order valence-corrected chi connectivity index (χ2v) is 5.21. The van der Waals surface area contributed by atoms with Crippen LogP contribution in [0.25, 0.3) is 0 Å². The summed E-state index contributed by atoms with van der Waals surface area (Å²) >= 11 is 5.81. The monoisotopic (exact) mass is 296 g/mol. The molecule has 0 spiro atoms. The van der Waals surface area contributed by atoms with Crippen molar-refractivity contribution in [2.24, 2.45) is 0 Å². The smallest absolute Gasteiger partial charge is 0.337 e. The molecule has 20 heavy (non-hydrogen) atoms. The van der Waals surface area contributed by atoms with Crippen molar-refractivity contribution in [3.8, 4) is 0 Å². The Morgan fingerprint density at radius 1 is 1.50 bits per heavy atom. The van der Waals surface area contributed by atoms with Crippen LogP contribution in [-0.4, -0.2) is 59.2 Å². The predicted octanol–water partition coefficient (Wildman–Crippen LogP) is 0.647. The van der Waals surface area contributed by atoms with Crippen LogP contribution in [-0.2, 0) is 0 Å². The maximum Gasteiger partial charge on any atom is 0.337 e. The van der Waals surface area contributed by atoms with Crippen molar-refractivity contribution in [1.29, 1.82) is 0 Å². The van der Waals surface area contributed by atoms with E-state index in [4.69, 9.17) is 16.7 Å². The highest BCUT2D eigenvalue weighted by molar-refractivity contribution is 6.33. The molecule has 0 radical (unpaired) electrons. The molecule has 7 nitrogen and oxygen atoms in total. The first kappa shape index (κ1) is 13.0. The molecule has 1 aromatic heterocycles. The minimum Gasteiger partial charge on any atom is -0.478 e. The maximum atomic E-state index is 11.5. The first-order chi connectivity index (χ1) is 9.56. The van der Waals surface area contributed by atoms with Crippen molar-refractivity contribution < 1.29 is 14.7 Å². The molecule has 3 rings (SSSR count). The largest absolute Gasteiger partial charge is 0.478 e. The Labute approximate surface area is 120 Å². The molecule has 0 aromatic carbocycles. The van der Waals surface area contributed by atoms with E-state index in [9.17, 15) is 9.59 Å². The Morgan fingerprint density at radius 3 is 3.05 bits per heavy atom. The van der Waals surface area contributed by atoms with Crippen LogP contribution in [0.3, 0.4) is 0 Å². The number of rotatable bonds is 2. The highest BCUT2D eigenvalue weighted by atomic mass is 35.5. The van der Waals surface area contributed by atoms with Gasteiger partial charge in [-0.05, 0) is 6.07 Å². The van der Waals surface area contributed by atoms with Gasteiger partial charge in [-0.15, -0.1) is 0 Å². The van der Waals surface area contributed by atoms with Gasteiger partial charge in [0, 0.05) is 32.4 Å². The minimum absolute atomic E-state index is 0.0371. The second-order valence-electron chi connectivity index (χ2n) is 4.81. The molecule has 1 aromatic rings. The molecule has 0 saturated carbocycles. The van der Waals surface area contributed by atoms with Crippen LogP contribution in [0.15, 0.2) is 12.3 Å². The number of aromatic carboxylic acids is 1. The summed E-state index contributed by atoms with van der Waals surface area (Å²) in [6, 6.07) is 1.54. The zero-order chi connectivity index (χ0) is 14.3. The van der Waals surface area contributed by atoms with E-state index >= 15 is 0 Å². The van der Waals surface area contributed by atoms with Gasteiger partial charge >= 0.3 is 12.0 Å². The standard InChI is InChI=1S/C12H13ClN4O3/c13-9-5-14-10(3-8(9)11(18)19)16-1-2-17-7(6-16)4-15-12(17)20/h3,5,7H,1-2,4,6H2,(H,15,20)(H,18,19). The van der Waals surface area contributed by atoms with Gasteiger partial charge in [0.2, 0.25) is 0 Å². The number of carboxylic acid groups (broad SMARTS) is 1. The number of fused-ring (bicyclic) bond motifs is 1. The molecule has 2 aliphatic heterocycles. The third-order valence-corrected chi connectivity index (χ3v) is 3.93. The fourth-order valence-corrected chi connectivity index (χ4v) is 2.76. The third kappa shape index (κ3) is 2.14. The number of carboxylic acids is 1. The van der Waals surface area contributed by atoms with Crippen LogP contribution < -0.4 is 10.2 Å². The first-order valence-corrected chi connectivity index (χ1v) is 6.62. The Balaban J connectivity index is 1.82. The summed E-state index contributed by atoms with van der Waals surface area (Å²) < 4.78 is 0. The highest BCUT2D eigenvalue weighted by Crippen LogP contribution is 2.23. The van der Waals surface area contributed by atoms with Gasteiger partial charge in [-0.2, -0.15) is 0 Å². The van der Waals surface area contributed by atoms with Crippen molar-refractivity contribution in [3.05, 3.63) is 22.8 Å².